The number of urea groups is 1. The minimum Gasteiger partial charge on any atom is -0.438 e. The normalized spacial score (nSPS) is 13.2. The standard InChI is InChI=1S/C42H42F3N9O4.CH3I/c1-26(2)35-25-37(54(52-35)31-10-8-27(3)9-11-31)50-41(56)49-34-12-13-36(33-7-5-4-6-32(33)34)58-38-14-15-47-40(51-38)48-30-23-28(22-29(24-30)42(43,44)45)39(55)46-16-17-53-18-20-57-21-19-53;1-2/h4-15,22-26H,16-21H2,1-3H3,(H,46,55)(H,47,48,51)(H2,49,50,56);1H3/i;1D. The van der Waals surface area contributed by atoms with Crippen LogP contribution in [0.15, 0.2) is 97.2 Å². The number of aromatic nitrogens is 4. The molecule has 0 atom stereocenters. The highest BCUT2D eigenvalue weighted by Crippen LogP contribution is 2.36. The number of anilines is 4. The largest absolute Gasteiger partial charge is 0.438 e. The van der Waals surface area contributed by atoms with Crippen molar-refractivity contribution in [1.82, 2.24) is 30.0 Å². The fourth-order valence-corrected chi connectivity index (χ4v) is 6.34. The van der Waals surface area contributed by atoms with Crippen molar-refractivity contribution >= 4 is 68.4 Å². The van der Waals surface area contributed by atoms with E-state index in [0.29, 0.717) is 52.7 Å². The van der Waals surface area contributed by atoms with Gasteiger partial charge in [0.25, 0.3) is 5.91 Å². The molecule has 2 aromatic heterocycles. The number of fused-ring (bicyclic) bond motifs is 1. The maximum atomic E-state index is 13.9. The zero-order valence-electron chi connectivity index (χ0n) is 34.1. The first-order chi connectivity index (χ1) is 29.3. The van der Waals surface area contributed by atoms with Crippen LogP contribution in [0.25, 0.3) is 16.5 Å². The van der Waals surface area contributed by atoms with E-state index in [0.717, 1.165) is 42.2 Å². The lowest BCUT2D eigenvalue weighted by Gasteiger charge is -2.26. The van der Waals surface area contributed by atoms with Gasteiger partial charge in [-0.05, 0) is 60.2 Å². The first-order valence-electron chi connectivity index (χ1n) is 19.7. The van der Waals surface area contributed by atoms with Crippen LogP contribution in [-0.2, 0) is 10.9 Å². The van der Waals surface area contributed by atoms with Crippen molar-refractivity contribution in [2.45, 2.75) is 32.9 Å². The number of aryl methyl sites for hydroxylation is 1. The number of nitrogens with one attached hydrogen (secondary N) is 4. The summed E-state index contributed by atoms with van der Waals surface area (Å²) >= 11 is 1.96. The third-order valence-electron chi connectivity index (χ3n) is 9.41. The molecule has 7 rings (SSSR count). The highest BCUT2D eigenvalue weighted by molar-refractivity contribution is 14.1. The number of hydrogen-bond donors (Lipinski definition) is 4. The summed E-state index contributed by atoms with van der Waals surface area (Å²) in [5, 5.41) is 17.4. The van der Waals surface area contributed by atoms with Crippen LogP contribution in [0.1, 0.15) is 48.3 Å². The van der Waals surface area contributed by atoms with Gasteiger partial charge in [0.2, 0.25) is 11.8 Å². The van der Waals surface area contributed by atoms with Crippen LogP contribution < -0.4 is 26.0 Å². The molecule has 1 saturated heterocycles. The van der Waals surface area contributed by atoms with Gasteiger partial charge in [0.15, 0.2) is 0 Å². The van der Waals surface area contributed by atoms with E-state index in [4.69, 9.17) is 15.9 Å². The maximum Gasteiger partial charge on any atom is 0.416 e. The molecule has 314 valence electrons. The molecule has 0 spiro atoms. The number of benzene rings is 4. The lowest BCUT2D eigenvalue weighted by atomic mass is 10.1. The van der Waals surface area contributed by atoms with E-state index in [1.807, 2.05) is 98.0 Å². The van der Waals surface area contributed by atoms with E-state index in [2.05, 4.69) is 36.1 Å². The van der Waals surface area contributed by atoms with Gasteiger partial charge in [-0.2, -0.15) is 23.3 Å². The summed E-state index contributed by atoms with van der Waals surface area (Å²) in [4.78, 5) is 37.5. The van der Waals surface area contributed by atoms with Crippen LogP contribution in [0.5, 0.6) is 11.6 Å². The van der Waals surface area contributed by atoms with E-state index >= 15 is 0 Å². The Morgan fingerprint density at radius 1 is 0.967 bits per heavy atom. The van der Waals surface area contributed by atoms with E-state index < -0.39 is 23.7 Å². The van der Waals surface area contributed by atoms with Gasteiger partial charge in [-0.15, -0.1) is 0 Å². The molecule has 13 nitrogen and oxygen atoms in total. The molecule has 0 unspecified atom stereocenters. The lowest BCUT2D eigenvalue weighted by Crippen LogP contribution is -2.41. The summed E-state index contributed by atoms with van der Waals surface area (Å²) in [6.07, 6.45) is -3.32. The molecule has 0 aliphatic carbocycles. The molecule has 3 amide bonds. The van der Waals surface area contributed by atoms with E-state index in [1.165, 1.54) is 18.3 Å². The van der Waals surface area contributed by atoms with Crippen LogP contribution in [0.4, 0.5) is 41.1 Å². The van der Waals surface area contributed by atoms with Crippen molar-refractivity contribution in [3.05, 3.63) is 120 Å². The number of hydrogen-bond acceptors (Lipinski definition) is 9. The molecule has 1 aliphatic heterocycles. The molecule has 0 saturated carbocycles. The summed E-state index contributed by atoms with van der Waals surface area (Å²) in [6.45, 7) is 9.50. The molecule has 1 fully saturated rings. The average Bonchev–Trinajstić information content (AvgIpc) is 3.66. The Kier molecular flexibility index (Phi) is 14.1. The molecule has 6 aromatic rings. The van der Waals surface area contributed by atoms with Crippen molar-refractivity contribution in [3.8, 4) is 17.3 Å². The topological polar surface area (TPSA) is 148 Å². The maximum absolute atomic E-state index is 13.9. The Balaban J connectivity index is 0.00000201. The first-order valence-corrected chi connectivity index (χ1v) is 20.5. The molecule has 17 heteroatoms. The summed E-state index contributed by atoms with van der Waals surface area (Å²) < 4.78 is 61.2. The third-order valence-corrected chi connectivity index (χ3v) is 9.41. The molecular formula is C43H45F3IN9O4. The molecule has 0 radical (unpaired) electrons. The number of halogens is 4. The van der Waals surface area contributed by atoms with Gasteiger partial charge in [0.1, 0.15) is 11.6 Å². The molecule has 4 aromatic carbocycles. The summed E-state index contributed by atoms with van der Waals surface area (Å²) in [7, 11) is 0. The van der Waals surface area contributed by atoms with Crippen molar-refractivity contribution in [2.75, 3.05) is 60.2 Å². The van der Waals surface area contributed by atoms with Crippen LogP contribution >= 0.6 is 22.6 Å². The molecule has 3 heterocycles. The monoisotopic (exact) mass is 936 g/mol. The summed E-state index contributed by atoms with van der Waals surface area (Å²) in [6, 6.07) is 24.4. The number of amides is 3. The lowest BCUT2D eigenvalue weighted by molar-refractivity contribution is -0.137. The van der Waals surface area contributed by atoms with Crippen molar-refractivity contribution in [3.63, 3.8) is 0 Å². The van der Waals surface area contributed by atoms with Gasteiger partial charge in [0, 0.05) is 67.9 Å². The SMILES string of the molecule is Cc1ccc(-n2nc(C(C)C)cc2NC(=O)Nc2ccc(Oc3ccnc(Nc4cc(C(=O)NCCN5CCOCC5)cc(C(F)(F)F)c4)n3)c3ccccc23)cc1.[2H]CI. The zero-order valence-corrected chi connectivity index (χ0v) is 35.3. The molecular weight excluding hydrogens is 890 g/mol. The van der Waals surface area contributed by atoms with Crippen molar-refractivity contribution < 1.29 is 33.6 Å². The minimum absolute atomic E-state index is 0.0354. The minimum atomic E-state index is -4.71. The number of carbonyl (C=O) groups is 2. The smallest absolute Gasteiger partial charge is 0.416 e. The Labute approximate surface area is 360 Å². The first kappa shape index (κ1) is 42.3. The fourth-order valence-electron chi connectivity index (χ4n) is 6.34. The Hall–Kier alpha value is -5.79. The number of carbonyl (C=O) groups excluding carboxylic acids is 2. The number of morpholine rings is 1. The number of nitrogens with zero attached hydrogens (tertiary/aromatic N) is 5. The molecule has 1 aliphatic rings. The van der Waals surface area contributed by atoms with Gasteiger partial charge in [-0.1, -0.05) is 78.4 Å². The molecule has 0 bridgehead atoms. The Morgan fingerprint density at radius 2 is 1.70 bits per heavy atom. The van der Waals surface area contributed by atoms with E-state index in [9.17, 15) is 22.8 Å². The van der Waals surface area contributed by atoms with Crippen molar-refractivity contribution in [1.29, 1.82) is 0 Å². The summed E-state index contributed by atoms with van der Waals surface area (Å²) in [5.41, 5.74) is 2.04. The van der Waals surface area contributed by atoms with Crippen molar-refractivity contribution in [2.24, 2.45) is 0 Å². The second-order valence-electron chi connectivity index (χ2n) is 14.0. The highest BCUT2D eigenvalue weighted by atomic mass is 127. The summed E-state index contributed by atoms with van der Waals surface area (Å²) in [5.74, 6) is 0.444. The van der Waals surface area contributed by atoms with Crippen LogP contribution in [-0.4, -0.2) is 80.9 Å². The highest BCUT2D eigenvalue weighted by Gasteiger charge is 2.32. The average molecular weight is 937 g/mol. The van der Waals surface area contributed by atoms with Gasteiger partial charge in [-0.3, -0.25) is 15.0 Å². The van der Waals surface area contributed by atoms with Gasteiger partial charge in [0.05, 0.1) is 35.8 Å². The molecule has 4 N–H and O–H groups in total. The van der Waals surface area contributed by atoms with Gasteiger partial charge < -0.3 is 25.4 Å². The zero-order chi connectivity index (χ0) is 43.5. The van der Waals surface area contributed by atoms with E-state index in [-0.39, 0.29) is 35.5 Å². The van der Waals surface area contributed by atoms with E-state index in [1.54, 1.807) is 16.8 Å². The van der Waals surface area contributed by atoms with Gasteiger partial charge >= 0.3 is 12.2 Å². The Bertz CT molecular complexity index is 2450. The Morgan fingerprint density at radius 3 is 2.42 bits per heavy atom. The molecule has 60 heavy (non-hydrogen) atoms. The third kappa shape index (κ3) is 11.3. The second kappa shape index (κ2) is 20.0. The predicted octanol–water partition coefficient (Wildman–Crippen LogP) is 9.56. The van der Waals surface area contributed by atoms with Gasteiger partial charge in [-0.25, -0.2) is 14.5 Å². The van der Waals surface area contributed by atoms with Crippen LogP contribution in [0.2, 0.25) is 0 Å². The number of alkyl halides is 4. The van der Waals surface area contributed by atoms with Crippen LogP contribution in [0, 0.1) is 6.92 Å². The second-order valence-corrected chi connectivity index (χ2v) is 14.0. The number of ether oxygens (including phenoxy) is 2. The van der Waals surface area contributed by atoms with Crippen LogP contribution in [0.3, 0.4) is 0 Å². The number of rotatable bonds is 12. The fraction of sp³-hybridized carbons (Fsp3) is 0.279. The predicted molar refractivity (Wildman–Crippen MR) is 235 cm³/mol. The quantitative estimate of drug-likeness (QED) is 0.0696.